The second-order valence-corrected chi connectivity index (χ2v) is 8.01. The molecule has 4 N–H and O–H groups in total. The fraction of sp³-hybridized carbons (Fsp3) is 0.381. The lowest BCUT2D eigenvalue weighted by Crippen LogP contribution is -2.31. The lowest BCUT2D eigenvalue weighted by atomic mass is 9.84. The predicted octanol–water partition coefficient (Wildman–Crippen LogP) is 2.68. The van der Waals surface area contributed by atoms with Crippen molar-refractivity contribution in [1.29, 1.82) is 5.41 Å². The lowest BCUT2D eigenvalue weighted by Gasteiger charge is -2.33. The Morgan fingerprint density at radius 2 is 2.07 bits per heavy atom. The number of pyridine rings is 1. The topological polar surface area (TPSA) is 125 Å². The summed E-state index contributed by atoms with van der Waals surface area (Å²) in [6.45, 7) is 1.87. The number of hydrogen-bond acceptors (Lipinski definition) is 6. The number of nitrogens with one attached hydrogen (secondary N) is 2. The third-order valence-electron chi connectivity index (χ3n) is 5.70. The molecule has 0 atom stereocenters. The Morgan fingerprint density at radius 3 is 2.77 bits per heavy atom. The number of amides is 1. The monoisotopic (exact) mass is 411 g/mol. The predicted molar refractivity (Wildman–Crippen MR) is 110 cm³/mol. The fourth-order valence-corrected chi connectivity index (χ4v) is 3.87. The molecule has 0 aliphatic heterocycles. The van der Waals surface area contributed by atoms with Crippen LogP contribution in [0.3, 0.4) is 0 Å². The van der Waals surface area contributed by atoms with Crippen molar-refractivity contribution in [3.8, 4) is 5.75 Å². The van der Waals surface area contributed by atoms with Crippen LogP contribution in [0.15, 0.2) is 36.5 Å². The Kier molecular flexibility index (Phi) is 4.98. The number of carbonyl (C=O) groups excluding carboxylic acids is 1. The highest BCUT2D eigenvalue weighted by Crippen LogP contribution is 2.36. The van der Waals surface area contributed by atoms with Gasteiger partial charge in [-0.1, -0.05) is 6.07 Å². The van der Waals surface area contributed by atoms with Crippen molar-refractivity contribution in [1.82, 2.24) is 14.5 Å². The smallest absolute Gasteiger partial charge is 0.275 e. The molecule has 4 rings (SSSR count). The van der Waals surface area contributed by atoms with E-state index in [2.05, 4.69) is 10.4 Å². The number of ether oxygens (including phenoxy) is 1. The molecule has 0 saturated heterocycles. The summed E-state index contributed by atoms with van der Waals surface area (Å²) in [7, 11) is 1.51. The van der Waals surface area contributed by atoms with Crippen LogP contribution >= 0.6 is 0 Å². The summed E-state index contributed by atoms with van der Waals surface area (Å²) < 4.78 is 7.87. The van der Waals surface area contributed by atoms with E-state index in [1.54, 1.807) is 12.1 Å². The standard InChI is InChI=1S/C21H25N5O4/c1-21(28)8-6-14(7-9-21)25-12-13-10-16(18(30-2)11-15(13)24-25)23-20(27)17-4-3-5-19(22)26(17)29/h3-5,10-12,14,22,28-29H,6-9H2,1-2H3,(H,23,27). The fourth-order valence-electron chi connectivity index (χ4n) is 3.87. The number of hydrogen-bond donors (Lipinski definition) is 4. The van der Waals surface area contributed by atoms with Crippen molar-refractivity contribution in [2.75, 3.05) is 12.4 Å². The molecule has 0 radical (unpaired) electrons. The number of carbonyl (C=O) groups is 1. The molecule has 2 aromatic heterocycles. The highest BCUT2D eigenvalue weighted by atomic mass is 16.5. The van der Waals surface area contributed by atoms with Crippen molar-refractivity contribution in [3.63, 3.8) is 0 Å². The second kappa shape index (κ2) is 7.49. The van der Waals surface area contributed by atoms with Gasteiger partial charge < -0.3 is 20.4 Å². The van der Waals surface area contributed by atoms with Gasteiger partial charge in [-0.2, -0.15) is 9.83 Å². The van der Waals surface area contributed by atoms with Crippen LogP contribution in [0.4, 0.5) is 5.69 Å². The number of methoxy groups -OCH3 is 1. The van der Waals surface area contributed by atoms with Gasteiger partial charge in [0.15, 0.2) is 5.49 Å². The van der Waals surface area contributed by atoms with E-state index in [0.717, 1.165) is 36.6 Å². The largest absolute Gasteiger partial charge is 0.494 e. The van der Waals surface area contributed by atoms with Gasteiger partial charge in [-0.3, -0.25) is 14.9 Å². The number of benzene rings is 1. The van der Waals surface area contributed by atoms with Crippen LogP contribution in [-0.2, 0) is 0 Å². The quantitative estimate of drug-likeness (QED) is 0.491. The molecule has 30 heavy (non-hydrogen) atoms. The summed E-state index contributed by atoms with van der Waals surface area (Å²) in [6.07, 6.45) is 5.10. The molecule has 1 fully saturated rings. The molecule has 1 amide bonds. The molecule has 1 aliphatic carbocycles. The number of fused-ring (bicyclic) bond motifs is 1. The number of anilines is 1. The first-order chi connectivity index (χ1) is 14.3. The average molecular weight is 411 g/mol. The summed E-state index contributed by atoms with van der Waals surface area (Å²) in [4.78, 5) is 12.6. The molecule has 3 aromatic rings. The molecule has 2 heterocycles. The molecule has 0 spiro atoms. The molecule has 9 nitrogen and oxygen atoms in total. The molecule has 0 unspecified atom stereocenters. The Hall–Kier alpha value is -3.33. The maximum atomic E-state index is 12.6. The van der Waals surface area contributed by atoms with Crippen molar-refractivity contribution in [2.24, 2.45) is 0 Å². The van der Waals surface area contributed by atoms with Crippen molar-refractivity contribution < 1.29 is 19.8 Å². The summed E-state index contributed by atoms with van der Waals surface area (Å²) in [5, 5.41) is 36.0. The first-order valence-electron chi connectivity index (χ1n) is 9.84. The molecule has 0 bridgehead atoms. The maximum Gasteiger partial charge on any atom is 0.275 e. The van der Waals surface area contributed by atoms with Gasteiger partial charge in [0.25, 0.3) is 5.91 Å². The Balaban J connectivity index is 1.63. The van der Waals surface area contributed by atoms with Gasteiger partial charge in [0, 0.05) is 17.6 Å². The van der Waals surface area contributed by atoms with Crippen LogP contribution in [0.5, 0.6) is 5.75 Å². The lowest BCUT2D eigenvalue weighted by molar-refractivity contribution is 0.00860. The molecular formula is C21H25N5O4. The summed E-state index contributed by atoms with van der Waals surface area (Å²) in [6, 6.07) is 8.08. The third-order valence-corrected chi connectivity index (χ3v) is 5.70. The van der Waals surface area contributed by atoms with Gasteiger partial charge in [0.1, 0.15) is 11.4 Å². The van der Waals surface area contributed by atoms with E-state index in [0.29, 0.717) is 16.2 Å². The van der Waals surface area contributed by atoms with Crippen molar-refractivity contribution >= 4 is 22.5 Å². The van der Waals surface area contributed by atoms with Gasteiger partial charge in [0.2, 0.25) is 0 Å². The minimum atomic E-state index is -0.607. The zero-order valence-corrected chi connectivity index (χ0v) is 16.9. The molecule has 158 valence electrons. The van der Waals surface area contributed by atoms with E-state index >= 15 is 0 Å². The van der Waals surface area contributed by atoms with Crippen molar-refractivity contribution in [3.05, 3.63) is 47.7 Å². The normalized spacial score (nSPS) is 21.5. The first kappa shape index (κ1) is 20.0. The van der Waals surface area contributed by atoms with E-state index in [9.17, 15) is 15.1 Å². The van der Waals surface area contributed by atoms with Crippen LogP contribution in [0.1, 0.15) is 49.1 Å². The average Bonchev–Trinajstić information content (AvgIpc) is 3.12. The molecular weight excluding hydrogens is 386 g/mol. The third kappa shape index (κ3) is 3.76. The van der Waals surface area contributed by atoms with Gasteiger partial charge in [0.05, 0.1) is 30.0 Å². The molecule has 1 aliphatic rings. The SMILES string of the molecule is COc1cc2nn(C3CCC(C)(O)CC3)cc2cc1NC(=O)c1cccc(=N)n1O. The van der Waals surface area contributed by atoms with Gasteiger partial charge in [-0.25, -0.2) is 0 Å². The number of rotatable bonds is 4. The summed E-state index contributed by atoms with van der Waals surface area (Å²) >= 11 is 0. The zero-order chi connectivity index (χ0) is 21.5. The van der Waals surface area contributed by atoms with Gasteiger partial charge in [-0.15, -0.1) is 0 Å². The van der Waals surface area contributed by atoms with E-state index in [1.165, 1.54) is 25.3 Å². The van der Waals surface area contributed by atoms with Crippen molar-refractivity contribution in [2.45, 2.75) is 44.2 Å². The molecule has 9 heteroatoms. The number of aliphatic hydroxyl groups is 1. The summed E-state index contributed by atoms with van der Waals surface area (Å²) in [5.41, 5.74) is 0.320. The zero-order valence-electron chi connectivity index (χ0n) is 16.9. The van der Waals surface area contributed by atoms with Crippen LogP contribution in [0.2, 0.25) is 0 Å². The number of nitrogens with zero attached hydrogens (tertiary/aromatic N) is 3. The van der Waals surface area contributed by atoms with E-state index < -0.39 is 11.5 Å². The van der Waals surface area contributed by atoms with E-state index in [1.807, 2.05) is 17.8 Å². The van der Waals surface area contributed by atoms with E-state index in [4.69, 9.17) is 10.1 Å². The Bertz CT molecular complexity index is 1150. The van der Waals surface area contributed by atoms with Crippen LogP contribution < -0.4 is 15.5 Å². The Labute approximate surface area is 173 Å². The van der Waals surface area contributed by atoms with Gasteiger partial charge >= 0.3 is 0 Å². The van der Waals surface area contributed by atoms with Crippen LogP contribution in [0, 0.1) is 5.41 Å². The Morgan fingerprint density at radius 1 is 1.33 bits per heavy atom. The van der Waals surface area contributed by atoms with Crippen LogP contribution in [0.25, 0.3) is 10.9 Å². The second-order valence-electron chi connectivity index (χ2n) is 8.01. The highest BCUT2D eigenvalue weighted by Gasteiger charge is 2.30. The minimum Gasteiger partial charge on any atom is -0.494 e. The minimum absolute atomic E-state index is 0.0606. The van der Waals surface area contributed by atoms with Crippen LogP contribution in [-0.4, -0.2) is 43.4 Å². The molecule has 1 saturated carbocycles. The first-order valence-corrected chi connectivity index (χ1v) is 9.84. The molecule has 1 aromatic carbocycles. The summed E-state index contributed by atoms with van der Waals surface area (Å²) in [5.74, 6) is -0.120. The van der Waals surface area contributed by atoms with E-state index in [-0.39, 0.29) is 17.2 Å². The maximum absolute atomic E-state index is 12.6. The number of aromatic nitrogens is 3. The van der Waals surface area contributed by atoms with Gasteiger partial charge in [-0.05, 0) is 50.8 Å². The highest BCUT2D eigenvalue weighted by molar-refractivity contribution is 6.05.